The van der Waals surface area contributed by atoms with Gasteiger partial charge in [-0.2, -0.15) is 5.26 Å². The molecule has 0 unspecified atom stereocenters. The minimum absolute atomic E-state index is 0.0615. The summed E-state index contributed by atoms with van der Waals surface area (Å²) in [5.74, 6) is 0.0316. The normalized spacial score (nSPS) is 24.3. The molecule has 2 amide bonds. The van der Waals surface area contributed by atoms with Crippen molar-refractivity contribution in [3.8, 4) is 6.07 Å². The minimum atomic E-state index is -0.826. The van der Waals surface area contributed by atoms with E-state index in [-0.39, 0.29) is 24.0 Å². The number of nitrogens with zero attached hydrogens (tertiary/aromatic N) is 2. The van der Waals surface area contributed by atoms with Gasteiger partial charge >= 0.3 is 6.09 Å². The predicted octanol–water partition coefficient (Wildman–Crippen LogP) is 2.83. The van der Waals surface area contributed by atoms with E-state index < -0.39 is 11.0 Å². The number of nitrogens with one attached hydrogen (secondary N) is 1. The molecule has 1 heterocycles. The number of ether oxygens (including phenoxy) is 1. The summed E-state index contributed by atoms with van der Waals surface area (Å²) >= 11 is 0. The van der Waals surface area contributed by atoms with E-state index in [1.54, 1.807) is 4.90 Å². The maximum atomic E-state index is 12.4. The first kappa shape index (κ1) is 18.6. The van der Waals surface area contributed by atoms with Gasteiger partial charge in [0.15, 0.2) is 0 Å². The molecule has 1 saturated carbocycles. The van der Waals surface area contributed by atoms with E-state index in [4.69, 9.17) is 4.74 Å². The summed E-state index contributed by atoms with van der Waals surface area (Å²) in [7, 11) is 0. The minimum Gasteiger partial charge on any atom is -0.444 e. The van der Waals surface area contributed by atoms with E-state index in [9.17, 15) is 14.9 Å². The number of nitriles is 1. The van der Waals surface area contributed by atoms with Gasteiger partial charge in [0.1, 0.15) is 11.0 Å². The highest BCUT2D eigenvalue weighted by Gasteiger charge is 2.45. The SMILES string of the molecule is C[C@H](NC(=O)C1(C#N)CCC1)[C@H]1CCCN(C(=O)OC(C)(C)C)C1. The van der Waals surface area contributed by atoms with Gasteiger partial charge in [-0.3, -0.25) is 4.79 Å². The highest BCUT2D eigenvalue weighted by Crippen LogP contribution is 2.40. The number of hydrogen-bond acceptors (Lipinski definition) is 4. The number of rotatable bonds is 3. The lowest BCUT2D eigenvalue weighted by atomic mass is 9.69. The van der Waals surface area contributed by atoms with Crippen molar-refractivity contribution in [2.24, 2.45) is 11.3 Å². The Morgan fingerprint density at radius 1 is 1.33 bits per heavy atom. The van der Waals surface area contributed by atoms with Crippen molar-refractivity contribution in [2.75, 3.05) is 13.1 Å². The van der Waals surface area contributed by atoms with Crippen molar-refractivity contribution in [1.29, 1.82) is 5.26 Å². The highest BCUT2D eigenvalue weighted by molar-refractivity contribution is 5.86. The van der Waals surface area contributed by atoms with E-state index in [1.807, 2.05) is 27.7 Å². The van der Waals surface area contributed by atoms with Gasteiger partial charge < -0.3 is 15.0 Å². The molecule has 1 N–H and O–H groups in total. The summed E-state index contributed by atoms with van der Waals surface area (Å²) in [6.07, 6.45) is 3.80. The highest BCUT2D eigenvalue weighted by atomic mass is 16.6. The van der Waals surface area contributed by atoms with E-state index in [1.165, 1.54) is 0 Å². The molecule has 2 aliphatic rings. The Bertz CT molecular complexity index is 529. The molecule has 24 heavy (non-hydrogen) atoms. The molecule has 0 bridgehead atoms. The fourth-order valence-electron chi connectivity index (χ4n) is 3.29. The summed E-state index contributed by atoms with van der Waals surface area (Å²) in [5.41, 5.74) is -1.33. The molecule has 2 atom stereocenters. The van der Waals surface area contributed by atoms with Crippen LogP contribution in [0.3, 0.4) is 0 Å². The Kier molecular flexibility index (Phi) is 5.42. The van der Waals surface area contributed by atoms with Crippen LogP contribution in [0.5, 0.6) is 0 Å². The van der Waals surface area contributed by atoms with Crippen LogP contribution in [-0.2, 0) is 9.53 Å². The van der Waals surface area contributed by atoms with E-state index in [2.05, 4.69) is 11.4 Å². The van der Waals surface area contributed by atoms with Gasteiger partial charge in [-0.25, -0.2) is 4.79 Å². The van der Waals surface area contributed by atoms with Crippen molar-refractivity contribution in [1.82, 2.24) is 10.2 Å². The number of likely N-dealkylation sites (tertiary alicyclic amines) is 1. The second-order valence-electron chi connectivity index (χ2n) is 8.14. The van der Waals surface area contributed by atoms with Gasteiger partial charge in [-0.15, -0.1) is 0 Å². The Morgan fingerprint density at radius 3 is 2.50 bits per heavy atom. The number of carbonyl (C=O) groups excluding carboxylic acids is 2. The first-order valence-electron chi connectivity index (χ1n) is 8.87. The molecular weight excluding hydrogens is 306 g/mol. The molecular formula is C18H29N3O3. The smallest absolute Gasteiger partial charge is 0.410 e. The topological polar surface area (TPSA) is 82.4 Å². The van der Waals surface area contributed by atoms with Gasteiger partial charge in [-0.05, 0) is 65.7 Å². The quantitative estimate of drug-likeness (QED) is 0.860. The van der Waals surface area contributed by atoms with Gasteiger partial charge in [-0.1, -0.05) is 0 Å². The van der Waals surface area contributed by atoms with Gasteiger partial charge in [0.25, 0.3) is 0 Å². The van der Waals surface area contributed by atoms with Crippen LogP contribution in [0, 0.1) is 22.7 Å². The Morgan fingerprint density at radius 2 is 2.00 bits per heavy atom. The largest absolute Gasteiger partial charge is 0.444 e. The van der Waals surface area contributed by atoms with Crippen molar-refractivity contribution < 1.29 is 14.3 Å². The zero-order valence-electron chi connectivity index (χ0n) is 15.2. The standard InChI is InChI=1S/C18H29N3O3/c1-13(20-15(22)18(12-19)8-6-9-18)14-7-5-10-21(11-14)16(23)24-17(2,3)4/h13-14H,5-11H2,1-4H3,(H,20,22)/t13-,14-/m0/s1. The summed E-state index contributed by atoms with van der Waals surface area (Å²) in [4.78, 5) is 26.4. The van der Waals surface area contributed by atoms with Crippen LogP contribution in [0.15, 0.2) is 0 Å². The van der Waals surface area contributed by atoms with E-state index in [0.717, 1.165) is 19.3 Å². The van der Waals surface area contributed by atoms with E-state index in [0.29, 0.717) is 25.9 Å². The first-order valence-corrected chi connectivity index (χ1v) is 8.87. The molecule has 1 aliphatic heterocycles. The molecule has 0 spiro atoms. The van der Waals surface area contributed by atoms with Crippen LogP contribution < -0.4 is 5.32 Å². The molecule has 2 rings (SSSR count). The second-order valence-corrected chi connectivity index (χ2v) is 8.14. The Labute approximate surface area is 144 Å². The fourth-order valence-corrected chi connectivity index (χ4v) is 3.29. The average molecular weight is 335 g/mol. The molecule has 134 valence electrons. The second kappa shape index (κ2) is 7.00. The molecule has 1 aliphatic carbocycles. The van der Waals surface area contributed by atoms with Crippen LogP contribution in [0.25, 0.3) is 0 Å². The average Bonchev–Trinajstić information content (AvgIpc) is 2.45. The lowest BCUT2D eigenvalue weighted by Gasteiger charge is -2.39. The van der Waals surface area contributed by atoms with Crippen LogP contribution in [-0.4, -0.2) is 41.6 Å². The third-order valence-electron chi connectivity index (χ3n) is 5.03. The van der Waals surface area contributed by atoms with Crippen molar-refractivity contribution in [3.63, 3.8) is 0 Å². The molecule has 0 radical (unpaired) electrons. The molecule has 0 aromatic carbocycles. The van der Waals surface area contributed by atoms with Gasteiger partial charge in [0, 0.05) is 19.1 Å². The summed E-state index contributed by atoms with van der Waals surface area (Å²) < 4.78 is 5.44. The van der Waals surface area contributed by atoms with Crippen molar-refractivity contribution in [2.45, 2.75) is 71.4 Å². The number of hydrogen-bond donors (Lipinski definition) is 1. The predicted molar refractivity (Wildman–Crippen MR) is 90.0 cm³/mol. The summed E-state index contributed by atoms with van der Waals surface area (Å²) in [5, 5.41) is 12.3. The van der Waals surface area contributed by atoms with E-state index >= 15 is 0 Å². The number of piperidine rings is 1. The molecule has 0 aromatic rings. The molecule has 1 saturated heterocycles. The van der Waals surface area contributed by atoms with Crippen LogP contribution >= 0.6 is 0 Å². The zero-order chi connectivity index (χ0) is 18.0. The first-order chi connectivity index (χ1) is 11.2. The van der Waals surface area contributed by atoms with Gasteiger partial charge in [0.2, 0.25) is 5.91 Å². The zero-order valence-corrected chi connectivity index (χ0v) is 15.2. The van der Waals surface area contributed by atoms with Gasteiger partial charge in [0.05, 0.1) is 6.07 Å². The lowest BCUT2D eigenvalue weighted by Crippen LogP contribution is -2.53. The molecule has 0 aromatic heterocycles. The van der Waals surface area contributed by atoms with Crippen LogP contribution in [0.4, 0.5) is 4.79 Å². The summed E-state index contributed by atoms with van der Waals surface area (Å²) in [6, 6.07) is 2.12. The monoisotopic (exact) mass is 335 g/mol. The number of carbonyl (C=O) groups is 2. The van der Waals surface area contributed by atoms with Crippen molar-refractivity contribution >= 4 is 12.0 Å². The third-order valence-corrected chi connectivity index (χ3v) is 5.03. The Balaban J connectivity index is 1.90. The number of amides is 2. The third kappa shape index (κ3) is 4.19. The molecule has 6 heteroatoms. The molecule has 6 nitrogen and oxygen atoms in total. The lowest BCUT2D eigenvalue weighted by molar-refractivity contribution is -0.132. The van der Waals surface area contributed by atoms with Crippen LogP contribution in [0.1, 0.15) is 59.8 Å². The fraction of sp³-hybridized carbons (Fsp3) is 0.833. The van der Waals surface area contributed by atoms with Crippen LogP contribution in [0.2, 0.25) is 0 Å². The van der Waals surface area contributed by atoms with Crippen molar-refractivity contribution in [3.05, 3.63) is 0 Å². The maximum Gasteiger partial charge on any atom is 0.410 e. The maximum absolute atomic E-state index is 12.4. The summed E-state index contributed by atoms with van der Waals surface area (Å²) in [6.45, 7) is 8.80. The molecule has 2 fully saturated rings. The Hall–Kier alpha value is -1.77.